The van der Waals surface area contributed by atoms with E-state index in [0.29, 0.717) is 33.7 Å². The first kappa shape index (κ1) is 22.1. The first-order chi connectivity index (χ1) is 13.7. The monoisotopic (exact) mass is 444 g/mol. The second-order valence-electron chi connectivity index (χ2n) is 7.55. The van der Waals surface area contributed by atoms with Gasteiger partial charge in [-0.25, -0.2) is 0 Å². The van der Waals surface area contributed by atoms with Crippen LogP contribution in [0.4, 0.5) is 13.2 Å². The molecule has 0 saturated carbocycles. The number of nitrogens with zero attached hydrogens (tertiary/aromatic N) is 2. The number of likely N-dealkylation sites (tertiary alicyclic amines) is 1. The van der Waals surface area contributed by atoms with Crippen LogP contribution in [0.1, 0.15) is 33.6 Å². The van der Waals surface area contributed by atoms with E-state index in [4.69, 9.17) is 11.6 Å². The number of hydrogen-bond donors (Lipinski definition) is 0. The molecule has 1 fully saturated rings. The van der Waals surface area contributed by atoms with Crippen LogP contribution in [-0.2, 0) is 12.6 Å². The van der Waals surface area contributed by atoms with Gasteiger partial charge in [0, 0.05) is 26.7 Å². The molecule has 8 heteroatoms. The van der Waals surface area contributed by atoms with Crippen molar-refractivity contribution < 1.29 is 18.0 Å². The molecule has 1 aliphatic rings. The first-order valence-electron chi connectivity index (χ1n) is 9.61. The number of piperidine rings is 1. The molecule has 1 amide bonds. The molecule has 1 unspecified atom stereocenters. The summed E-state index contributed by atoms with van der Waals surface area (Å²) in [6.45, 7) is 3.17. The molecule has 1 saturated heterocycles. The van der Waals surface area contributed by atoms with E-state index in [1.54, 1.807) is 30.1 Å². The van der Waals surface area contributed by atoms with Crippen LogP contribution < -0.4 is 0 Å². The van der Waals surface area contributed by atoms with Crippen molar-refractivity contribution in [3.8, 4) is 0 Å². The Balaban J connectivity index is 1.51. The molecule has 158 valence electrons. The predicted octanol–water partition coefficient (Wildman–Crippen LogP) is 5.45. The van der Waals surface area contributed by atoms with Gasteiger partial charge in [-0.15, -0.1) is 11.3 Å². The summed E-state index contributed by atoms with van der Waals surface area (Å²) in [6.07, 6.45) is -1.65. The minimum absolute atomic E-state index is 0.0250. The van der Waals surface area contributed by atoms with Gasteiger partial charge in [0.25, 0.3) is 5.91 Å². The summed E-state index contributed by atoms with van der Waals surface area (Å²) in [5.41, 5.74) is 0.101. The molecule has 2 aromatic rings. The fourth-order valence-electron chi connectivity index (χ4n) is 3.78. The lowest BCUT2D eigenvalue weighted by molar-refractivity contribution is -0.137. The van der Waals surface area contributed by atoms with E-state index >= 15 is 0 Å². The molecule has 0 aliphatic carbocycles. The minimum Gasteiger partial charge on any atom is -0.341 e. The second-order valence-corrected chi connectivity index (χ2v) is 9.26. The van der Waals surface area contributed by atoms with E-state index < -0.39 is 11.7 Å². The molecule has 1 aromatic heterocycles. The summed E-state index contributed by atoms with van der Waals surface area (Å²) in [5, 5.41) is 0. The number of carbonyl (C=O) groups is 1. The number of amides is 1. The Bertz CT molecular complexity index is 839. The summed E-state index contributed by atoms with van der Waals surface area (Å²) >= 11 is 7.20. The maximum atomic E-state index is 12.9. The van der Waals surface area contributed by atoms with Gasteiger partial charge in [0.15, 0.2) is 0 Å². The van der Waals surface area contributed by atoms with Crippen molar-refractivity contribution in [3.63, 3.8) is 0 Å². The molecule has 1 aliphatic heterocycles. The van der Waals surface area contributed by atoms with Gasteiger partial charge >= 0.3 is 6.18 Å². The van der Waals surface area contributed by atoms with E-state index in [1.165, 1.54) is 23.5 Å². The minimum atomic E-state index is -4.31. The fraction of sp³-hybridized carbons (Fsp3) is 0.476. The zero-order valence-corrected chi connectivity index (χ0v) is 17.8. The Morgan fingerprint density at radius 3 is 2.79 bits per heavy atom. The van der Waals surface area contributed by atoms with Crippen LogP contribution in [0, 0.1) is 5.92 Å². The standard InChI is InChI=1S/C21H24ClF3N2OS/c1-26(20(28)18-7-8-19(22)29-18)13-16-5-3-10-27(14-16)11-9-15-4-2-6-17(12-15)21(23,24)25/h2,4,6-8,12,16H,3,5,9-11,13-14H2,1H3. The zero-order chi connectivity index (χ0) is 21.0. The molecular formula is C21H24ClF3N2OS. The Morgan fingerprint density at radius 1 is 1.31 bits per heavy atom. The molecule has 1 aromatic carbocycles. The molecule has 0 spiro atoms. The van der Waals surface area contributed by atoms with Gasteiger partial charge in [-0.1, -0.05) is 29.8 Å². The summed E-state index contributed by atoms with van der Waals surface area (Å²) in [6, 6.07) is 9.02. The lowest BCUT2D eigenvalue weighted by Crippen LogP contribution is -2.42. The smallest absolute Gasteiger partial charge is 0.341 e. The fourth-order valence-corrected chi connectivity index (χ4v) is 4.82. The first-order valence-corrected chi connectivity index (χ1v) is 10.8. The number of halogens is 4. The maximum absolute atomic E-state index is 12.9. The molecule has 3 rings (SSSR count). The number of alkyl halides is 3. The predicted molar refractivity (Wildman–Crippen MR) is 111 cm³/mol. The van der Waals surface area contributed by atoms with Gasteiger partial charge in [0.1, 0.15) is 0 Å². The third kappa shape index (κ3) is 6.20. The largest absolute Gasteiger partial charge is 0.416 e. The number of hydrogen-bond acceptors (Lipinski definition) is 3. The molecule has 0 N–H and O–H groups in total. The highest BCUT2D eigenvalue weighted by Crippen LogP contribution is 2.30. The highest BCUT2D eigenvalue weighted by molar-refractivity contribution is 7.17. The third-order valence-electron chi connectivity index (χ3n) is 5.24. The average molecular weight is 445 g/mol. The topological polar surface area (TPSA) is 23.6 Å². The summed E-state index contributed by atoms with van der Waals surface area (Å²) in [4.78, 5) is 17.2. The molecule has 0 bridgehead atoms. The lowest BCUT2D eigenvalue weighted by atomic mass is 9.97. The van der Waals surface area contributed by atoms with Crippen LogP contribution in [0.25, 0.3) is 0 Å². The van der Waals surface area contributed by atoms with E-state index in [0.717, 1.165) is 38.5 Å². The normalized spacial score (nSPS) is 18.0. The second kappa shape index (κ2) is 9.49. The van der Waals surface area contributed by atoms with Crippen LogP contribution >= 0.6 is 22.9 Å². The molecule has 1 atom stereocenters. The quantitative estimate of drug-likeness (QED) is 0.591. The zero-order valence-electron chi connectivity index (χ0n) is 16.2. The van der Waals surface area contributed by atoms with Gasteiger partial charge in [0.05, 0.1) is 14.8 Å². The molecule has 29 heavy (non-hydrogen) atoms. The van der Waals surface area contributed by atoms with Crippen molar-refractivity contribution >= 4 is 28.8 Å². The van der Waals surface area contributed by atoms with E-state index in [2.05, 4.69) is 4.90 Å². The maximum Gasteiger partial charge on any atom is 0.416 e. The Labute approximate surface area is 178 Å². The molecule has 0 radical (unpaired) electrons. The SMILES string of the molecule is CN(CC1CCCN(CCc2cccc(C(F)(F)F)c2)C1)C(=O)c1ccc(Cl)s1. The van der Waals surface area contributed by atoms with Crippen molar-refractivity contribution in [2.45, 2.75) is 25.4 Å². The van der Waals surface area contributed by atoms with Crippen LogP contribution in [0.3, 0.4) is 0 Å². The van der Waals surface area contributed by atoms with Crippen molar-refractivity contribution in [3.05, 3.63) is 56.7 Å². The van der Waals surface area contributed by atoms with Crippen molar-refractivity contribution in [2.24, 2.45) is 5.92 Å². The summed E-state index contributed by atoms with van der Waals surface area (Å²) in [5.74, 6) is 0.331. The number of carbonyl (C=O) groups excluding carboxylic acids is 1. The van der Waals surface area contributed by atoms with Gasteiger partial charge in [-0.05, 0) is 55.5 Å². The Morgan fingerprint density at radius 2 is 2.10 bits per heavy atom. The Kier molecular flexibility index (Phi) is 7.24. The summed E-state index contributed by atoms with van der Waals surface area (Å²) < 4.78 is 39.2. The van der Waals surface area contributed by atoms with Gasteiger partial charge in [-0.3, -0.25) is 4.79 Å². The number of benzene rings is 1. The van der Waals surface area contributed by atoms with Crippen LogP contribution in [0.15, 0.2) is 36.4 Å². The van der Waals surface area contributed by atoms with E-state index in [-0.39, 0.29) is 5.91 Å². The van der Waals surface area contributed by atoms with Crippen LogP contribution in [0.2, 0.25) is 4.34 Å². The third-order valence-corrected chi connectivity index (χ3v) is 6.46. The molecule has 3 nitrogen and oxygen atoms in total. The summed E-state index contributed by atoms with van der Waals surface area (Å²) in [7, 11) is 1.80. The number of rotatable bonds is 6. The molecule has 2 heterocycles. The average Bonchev–Trinajstić information content (AvgIpc) is 3.12. The van der Waals surface area contributed by atoms with Crippen molar-refractivity contribution in [1.29, 1.82) is 0 Å². The highest BCUT2D eigenvalue weighted by atomic mass is 35.5. The Hall–Kier alpha value is -1.57. The van der Waals surface area contributed by atoms with Crippen molar-refractivity contribution in [2.75, 3.05) is 33.2 Å². The van der Waals surface area contributed by atoms with Crippen LogP contribution in [-0.4, -0.2) is 48.9 Å². The lowest BCUT2D eigenvalue weighted by Gasteiger charge is -2.34. The van der Waals surface area contributed by atoms with Gasteiger partial charge in [-0.2, -0.15) is 13.2 Å². The van der Waals surface area contributed by atoms with Gasteiger partial charge in [0.2, 0.25) is 0 Å². The van der Waals surface area contributed by atoms with E-state index in [9.17, 15) is 18.0 Å². The van der Waals surface area contributed by atoms with Crippen LogP contribution in [0.5, 0.6) is 0 Å². The number of thiophene rings is 1. The van der Waals surface area contributed by atoms with E-state index in [1.807, 2.05) is 0 Å². The highest BCUT2D eigenvalue weighted by Gasteiger charge is 2.30. The molecular weight excluding hydrogens is 421 g/mol. The van der Waals surface area contributed by atoms with Crippen molar-refractivity contribution in [1.82, 2.24) is 9.80 Å². The van der Waals surface area contributed by atoms with Gasteiger partial charge < -0.3 is 9.80 Å².